The van der Waals surface area contributed by atoms with Gasteiger partial charge in [-0.2, -0.15) is 0 Å². The fourth-order valence-corrected chi connectivity index (χ4v) is 2.86. The Morgan fingerprint density at radius 3 is 2.46 bits per heavy atom. The first kappa shape index (κ1) is 21.3. The number of carbonyl (C=O) groups excluding carboxylic acids is 2. The number of rotatable bonds is 9. The topological polar surface area (TPSA) is 98.9 Å². The second kappa shape index (κ2) is 9.80. The Hall–Kier alpha value is -3.00. The maximum Gasteiger partial charge on any atom is 0.340 e. The number of aryl methyl sites for hydroxylation is 1. The molecule has 0 aliphatic heterocycles. The minimum atomic E-state index is -0.489. The highest BCUT2D eigenvalue weighted by Gasteiger charge is 2.23. The van der Waals surface area contributed by atoms with Gasteiger partial charge >= 0.3 is 5.97 Å². The zero-order valence-corrected chi connectivity index (χ0v) is 16.8. The molecule has 2 rings (SSSR count). The number of H-pyrrole nitrogens is 1. The molecule has 8 heteroatoms. The average Bonchev–Trinajstić information content (AvgIpc) is 3.00. The van der Waals surface area contributed by atoms with E-state index in [0.717, 1.165) is 5.56 Å². The van der Waals surface area contributed by atoms with Crippen molar-refractivity contribution in [1.29, 1.82) is 0 Å². The quantitative estimate of drug-likeness (QED) is 0.504. The molecule has 0 saturated carbocycles. The number of amides is 1. The zero-order valence-electron chi connectivity index (χ0n) is 16.8. The number of hydrogen-bond donors (Lipinski definition) is 2. The van der Waals surface area contributed by atoms with Crippen LogP contribution in [0.1, 0.15) is 37.7 Å². The summed E-state index contributed by atoms with van der Waals surface area (Å²) >= 11 is 0. The van der Waals surface area contributed by atoms with Gasteiger partial charge in [0.15, 0.2) is 0 Å². The van der Waals surface area contributed by atoms with Crippen LogP contribution in [-0.2, 0) is 16.0 Å². The largest absolute Gasteiger partial charge is 0.497 e. The fourth-order valence-electron chi connectivity index (χ4n) is 2.86. The molecule has 0 spiro atoms. The van der Waals surface area contributed by atoms with Crippen molar-refractivity contribution < 1.29 is 28.5 Å². The number of aromatic amines is 1. The van der Waals surface area contributed by atoms with Gasteiger partial charge in [-0.15, -0.1) is 0 Å². The first-order valence-electron chi connectivity index (χ1n) is 8.77. The van der Waals surface area contributed by atoms with E-state index >= 15 is 0 Å². The summed E-state index contributed by atoms with van der Waals surface area (Å²) in [5.74, 6) is 0.485. The number of carbonyl (C=O) groups is 2. The van der Waals surface area contributed by atoms with E-state index in [1.54, 1.807) is 46.3 Å². The van der Waals surface area contributed by atoms with Crippen LogP contribution in [0.5, 0.6) is 11.5 Å². The lowest BCUT2D eigenvalue weighted by atomic mass is 10.1. The highest BCUT2D eigenvalue weighted by molar-refractivity contribution is 6.00. The highest BCUT2D eigenvalue weighted by atomic mass is 16.6. The van der Waals surface area contributed by atoms with Gasteiger partial charge in [-0.3, -0.25) is 4.79 Å². The van der Waals surface area contributed by atoms with E-state index in [1.165, 1.54) is 7.11 Å². The second-order valence-corrected chi connectivity index (χ2v) is 6.11. The van der Waals surface area contributed by atoms with Crippen molar-refractivity contribution >= 4 is 11.9 Å². The van der Waals surface area contributed by atoms with Crippen LogP contribution < -0.4 is 14.8 Å². The summed E-state index contributed by atoms with van der Waals surface area (Å²) in [5.41, 5.74) is 2.56. The third kappa shape index (κ3) is 4.83. The molecule has 1 heterocycles. The van der Waals surface area contributed by atoms with Crippen LogP contribution in [0.25, 0.3) is 0 Å². The Morgan fingerprint density at radius 1 is 1.07 bits per heavy atom. The molecule has 1 aromatic carbocycles. The first-order valence-corrected chi connectivity index (χ1v) is 8.77. The van der Waals surface area contributed by atoms with Crippen LogP contribution in [0.4, 0.5) is 0 Å². The molecule has 0 bridgehead atoms. The number of benzene rings is 1. The molecular weight excluding hydrogens is 364 g/mol. The fraction of sp³-hybridized carbons (Fsp3) is 0.400. The van der Waals surface area contributed by atoms with Crippen molar-refractivity contribution in [3.8, 4) is 11.5 Å². The molecule has 28 heavy (non-hydrogen) atoms. The maximum atomic E-state index is 12.7. The monoisotopic (exact) mass is 390 g/mol. The number of nitrogens with one attached hydrogen (secondary N) is 2. The van der Waals surface area contributed by atoms with Crippen molar-refractivity contribution in [3.63, 3.8) is 0 Å². The van der Waals surface area contributed by atoms with E-state index in [-0.39, 0.29) is 19.1 Å². The van der Waals surface area contributed by atoms with E-state index in [2.05, 4.69) is 10.3 Å². The predicted octanol–water partition coefficient (Wildman–Crippen LogP) is 2.38. The van der Waals surface area contributed by atoms with E-state index in [4.69, 9.17) is 18.9 Å². The molecule has 8 nitrogen and oxygen atoms in total. The molecule has 1 amide bonds. The van der Waals surface area contributed by atoms with Gasteiger partial charge in [0.2, 0.25) is 0 Å². The number of methoxy groups -OCH3 is 3. The molecule has 0 unspecified atom stereocenters. The number of esters is 1. The third-order valence-corrected chi connectivity index (χ3v) is 4.32. The van der Waals surface area contributed by atoms with Gasteiger partial charge < -0.3 is 29.2 Å². The van der Waals surface area contributed by atoms with E-state index in [0.29, 0.717) is 40.6 Å². The standard InChI is InChI=1S/C20H26N2O6/c1-12-17(20(24)28-9-8-25-3)13(2)22-18(12)19(23)21-11-14-10-15(26-4)6-7-16(14)27-5/h6-7,10,22H,8-9,11H2,1-5H3,(H,21,23). The van der Waals surface area contributed by atoms with Crippen LogP contribution >= 0.6 is 0 Å². The Labute approximate surface area is 164 Å². The number of hydrogen-bond acceptors (Lipinski definition) is 6. The zero-order chi connectivity index (χ0) is 20.7. The van der Waals surface area contributed by atoms with Gasteiger partial charge in [0, 0.05) is 24.9 Å². The minimum absolute atomic E-state index is 0.149. The molecule has 152 valence electrons. The lowest BCUT2D eigenvalue weighted by Gasteiger charge is -2.11. The summed E-state index contributed by atoms with van der Waals surface area (Å²) < 4.78 is 20.6. The van der Waals surface area contributed by atoms with Crippen molar-refractivity contribution in [3.05, 3.63) is 46.3 Å². The summed E-state index contributed by atoms with van der Waals surface area (Å²) in [6, 6.07) is 5.35. The van der Waals surface area contributed by atoms with Gasteiger partial charge in [0.05, 0.1) is 26.4 Å². The number of ether oxygens (including phenoxy) is 4. The SMILES string of the molecule is COCCOC(=O)c1c(C)[nH]c(C(=O)NCc2cc(OC)ccc2OC)c1C. The van der Waals surface area contributed by atoms with Crippen molar-refractivity contribution in [2.24, 2.45) is 0 Å². The summed E-state index contributed by atoms with van der Waals surface area (Å²) in [6.07, 6.45) is 0. The van der Waals surface area contributed by atoms with Crippen molar-refractivity contribution in [2.45, 2.75) is 20.4 Å². The van der Waals surface area contributed by atoms with Crippen LogP contribution in [0, 0.1) is 13.8 Å². The van der Waals surface area contributed by atoms with Gasteiger partial charge in [-0.25, -0.2) is 4.79 Å². The molecule has 0 radical (unpaired) electrons. The molecule has 0 aliphatic carbocycles. The van der Waals surface area contributed by atoms with Crippen molar-refractivity contribution in [1.82, 2.24) is 10.3 Å². The third-order valence-electron chi connectivity index (χ3n) is 4.32. The average molecular weight is 390 g/mol. The van der Waals surface area contributed by atoms with Crippen LogP contribution in [0.2, 0.25) is 0 Å². The Balaban J connectivity index is 2.13. The molecule has 0 aliphatic rings. The normalized spacial score (nSPS) is 10.5. The molecule has 0 atom stereocenters. The van der Waals surface area contributed by atoms with Crippen LogP contribution in [0.3, 0.4) is 0 Å². The Morgan fingerprint density at radius 2 is 1.82 bits per heavy atom. The van der Waals surface area contributed by atoms with Gasteiger partial charge in [-0.05, 0) is 37.6 Å². The predicted molar refractivity (Wildman–Crippen MR) is 103 cm³/mol. The molecule has 2 aromatic rings. The summed E-state index contributed by atoms with van der Waals surface area (Å²) in [5, 5.41) is 2.84. The Bertz CT molecular complexity index is 843. The summed E-state index contributed by atoms with van der Waals surface area (Å²) in [4.78, 5) is 27.9. The Kier molecular flexibility index (Phi) is 7.45. The highest BCUT2D eigenvalue weighted by Crippen LogP contribution is 2.24. The molecular formula is C20H26N2O6. The van der Waals surface area contributed by atoms with E-state index in [1.807, 2.05) is 0 Å². The van der Waals surface area contributed by atoms with E-state index in [9.17, 15) is 9.59 Å². The van der Waals surface area contributed by atoms with Gasteiger partial charge in [0.25, 0.3) is 5.91 Å². The van der Waals surface area contributed by atoms with Crippen LogP contribution in [-0.4, -0.2) is 51.4 Å². The molecule has 2 N–H and O–H groups in total. The molecule has 0 fully saturated rings. The van der Waals surface area contributed by atoms with Gasteiger partial charge in [0.1, 0.15) is 23.8 Å². The second-order valence-electron chi connectivity index (χ2n) is 6.11. The number of aromatic nitrogens is 1. The van der Waals surface area contributed by atoms with E-state index < -0.39 is 5.97 Å². The smallest absolute Gasteiger partial charge is 0.340 e. The van der Waals surface area contributed by atoms with Crippen molar-refractivity contribution in [2.75, 3.05) is 34.5 Å². The first-order chi connectivity index (χ1) is 13.4. The summed E-state index contributed by atoms with van der Waals surface area (Å²) in [6.45, 7) is 4.13. The lowest BCUT2D eigenvalue weighted by molar-refractivity contribution is 0.0387. The van der Waals surface area contributed by atoms with Gasteiger partial charge in [-0.1, -0.05) is 0 Å². The van der Waals surface area contributed by atoms with Crippen LogP contribution in [0.15, 0.2) is 18.2 Å². The minimum Gasteiger partial charge on any atom is -0.497 e. The summed E-state index contributed by atoms with van der Waals surface area (Å²) in [7, 11) is 4.66. The lowest BCUT2D eigenvalue weighted by Crippen LogP contribution is -2.24. The maximum absolute atomic E-state index is 12.7. The molecule has 1 aromatic heterocycles. The molecule has 0 saturated heterocycles.